The Hall–Kier alpha value is -2.54. The van der Waals surface area contributed by atoms with Crippen molar-refractivity contribution in [2.75, 3.05) is 46.1 Å². The molecule has 2 aromatic heterocycles. The number of anilines is 1. The Balaban J connectivity index is 1.80. The Kier molecular flexibility index (Phi) is 7.28. The van der Waals surface area contributed by atoms with E-state index in [0.29, 0.717) is 18.1 Å². The molecule has 0 unspecified atom stereocenters. The summed E-state index contributed by atoms with van der Waals surface area (Å²) in [6.07, 6.45) is 5.32. The minimum absolute atomic E-state index is 0.124. The van der Waals surface area contributed by atoms with E-state index in [1.807, 2.05) is 26.2 Å². The maximum absolute atomic E-state index is 12.4. The van der Waals surface area contributed by atoms with E-state index in [2.05, 4.69) is 25.4 Å². The Morgan fingerprint density at radius 1 is 1.04 bits per heavy atom. The highest BCUT2D eigenvalue weighted by atomic mass is 16.2. The zero-order valence-corrected chi connectivity index (χ0v) is 15.1. The van der Waals surface area contributed by atoms with Gasteiger partial charge in [0, 0.05) is 32.5 Å². The molecule has 2 rings (SSSR count). The Labute approximate surface area is 149 Å². The Bertz CT molecular complexity index is 644. The molecule has 0 aliphatic rings. The van der Waals surface area contributed by atoms with Gasteiger partial charge in [0.15, 0.2) is 5.69 Å². The minimum atomic E-state index is -0.124. The molecule has 0 fully saturated rings. The molecule has 1 N–H and O–H groups in total. The molecule has 0 radical (unpaired) electrons. The van der Waals surface area contributed by atoms with Crippen LogP contribution in [0.1, 0.15) is 22.5 Å². The van der Waals surface area contributed by atoms with Crippen molar-refractivity contribution in [1.82, 2.24) is 25.0 Å². The number of hydrogen-bond donors (Lipinski definition) is 1. The Morgan fingerprint density at radius 3 is 2.44 bits per heavy atom. The summed E-state index contributed by atoms with van der Waals surface area (Å²) in [5, 5.41) is 11.3. The first-order valence-electron chi connectivity index (χ1n) is 8.43. The highest BCUT2D eigenvalue weighted by Gasteiger charge is 2.13. The number of aromatic nitrogens is 3. The summed E-state index contributed by atoms with van der Waals surface area (Å²) < 4.78 is 0. The van der Waals surface area contributed by atoms with E-state index in [9.17, 15) is 4.79 Å². The number of rotatable bonds is 9. The number of hydrogen-bond acceptors (Lipinski definition) is 6. The average Bonchev–Trinajstić information content (AvgIpc) is 2.64. The second-order valence-electron chi connectivity index (χ2n) is 6.22. The molecule has 0 aromatic carbocycles. The highest BCUT2D eigenvalue weighted by molar-refractivity contribution is 5.92. The van der Waals surface area contributed by atoms with Crippen molar-refractivity contribution in [3.8, 4) is 0 Å². The first-order chi connectivity index (χ1) is 12.1. The summed E-state index contributed by atoms with van der Waals surface area (Å²) in [5.41, 5.74) is 1.51. The molecule has 25 heavy (non-hydrogen) atoms. The van der Waals surface area contributed by atoms with E-state index in [4.69, 9.17) is 0 Å². The molecular formula is C18H26N6O. The summed E-state index contributed by atoms with van der Waals surface area (Å²) in [7, 11) is 5.87. The standard InChI is InChI=1S/C18H26N6O/c1-23(2)13-4-10-20-17-6-5-16(21-22-17)18(25)24(3)14-9-15-7-11-19-12-8-15/h5-8,11-12H,4,9-10,13-14H2,1-3H3,(H,20,22). The van der Waals surface area contributed by atoms with Crippen molar-refractivity contribution in [2.24, 2.45) is 0 Å². The van der Waals surface area contributed by atoms with E-state index in [-0.39, 0.29) is 5.91 Å². The smallest absolute Gasteiger partial charge is 0.274 e. The van der Waals surface area contributed by atoms with E-state index in [0.717, 1.165) is 31.5 Å². The molecule has 1 amide bonds. The minimum Gasteiger partial charge on any atom is -0.369 e. The lowest BCUT2D eigenvalue weighted by atomic mass is 10.2. The van der Waals surface area contributed by atoms with Gasteiger partial charge in [-0.3, -0.25) is 9.78 Å². The molecule has 2 heterocycles. The summed E-state index contributed by atoms with van der Waals surface area (Å²) in [6, 6.07) is 7.42. The third-order valence-corrected chi connectivity index (χ3v) is 3.80. The van der Waals surface area contributed by atoms with Crippen LogP contribution in [0, 0.1) is 0 Å². The quantitative estimate of drug-likeness (QED) is 0.697. The molecule has 7 nitrogen and oxygen atoms in total. The van der Waals surface area contributed by atoms with Crippen LogP contribution in [0.2, 0.25) is 0 Å². The summed E-state index contributed by atoms with van der Waals surface area (Å²) in [4.78, 5) is 20.2. The van der Waals surface area contributed by atoms with Gasteiger partial charge in [-0.25, -0.2) is 0 Å². The van der Waals surface area contributed by atoms with Crippen molar-refractivity contribution >= 4 is 11.7 Å². The Morgan fingerprint density at radius 2 is 1.80 bits per heavy atom. The van der Waals surface area contributed by atoms with Crippen molar-refractivity contribution in [2.45, 2.75) is 12.8 Å². The summed E-state index contributed by atoms with van der Waals surface area (Å²) in [5.74, 6) is 0.565. The third kappa shape index (κ3) is 6.46. The topological polar surface area (TPSA) is 74.2 Å². The maximum atomic E-state index is 12.4. The lowest BCUT2D eigenvalue weighted by Gasteiger charge is -2.16. The third-order valence-electron chi connectivity index (χ3n) is 3.80. The lowest BCUT2D eigenvalue weighted by molar-refractivity contribution is 0.0789. The van der Waals surface area contributed by atoms with Gasteiger partial charge in [-0.05, 0) is 63.3 Å². The number of amides is 1. The van der Waals surface area contributed by atoms with Gasteiger partial charge in [-0.1, -0.05) is 0 Å². The molecule has 0 spiro atoms. The zero-order chi connectivity index (χ0) is 18.1. The van der Waals surface area contributed by atoms with Crippen molar-refractivity contribution in [3.05, 3.63) is 47.9 Å². The fraction of sp³-hybridized carbons (Fsp3) is 0.444. The van der Waals surface area contributed by atoms with E-state index < -0.39 is 0 Å². The molecule has 0 saturated carbocycles. The predicted octanol–water partition coefficient (Wildman–Crippen LogP) is 1.55. The van der Waals surface area contributed by atoms with Gasteiger partial charge in [0.1, 0.15) is 5.82 Å². The molecule has 0 bridgehead atoms. The van der Waals surface area contributed by atoms with Crippen LogP contribution in [-0.2, 0) is 6.42 Å². The predicted molar refractivity (Wildman–Crippen MR) is 98.6 cm³/mol. The van der Waals surface area contributed by atoms with Gasteiger partial charge in [0.2, 0.25) is 0 Å². The molecular weight excluding hydrogens is 316 g/mol. The first kappa shape index (κ1) is 18.8. The molecule has 2 aromatic rings. The monoisotopic (exact) mass is 342 g/mol. The van der Waals surface area contributed by atoms with Crippen LogP contribution in [0.15, 0.2) is 36.7 Å². The lowest BCUT2D eigenvalue weighted by Crippen LogP contribution is -2.29. The molecule has 7 heteroatoms. The van der Waals surface area contributed by atoms with Gasteiger partial charge < -0.3 is 15.1 Å². The second kappa shape index (κ2) is 9.68. The molecule has 0 saturated heterocycles. The number of likely N-dealkylation sites (N-methyl/N-ethyl adjacent to an activating group) is 1. The normalized spacial score (nSPS) is 10.7. The van der Waals surface area contributed by atoms with Crippen LogP contribution < -0.4 is 5.32 Å². The van der Waals surface area contributed by atoms with Gasteiger partial charge in [-0.2, -0.15) is 0 Å². The van der Waals surface area contributed by atoms with Crippen LogP contribution in [0.5, 0.6) is 0 Å². The number of pyridine rings is 1. The SMILES string of the molecule is CN(C)CCCNc1ccc(C(=O)N(C)CCc2ccncc2)nn1. The van der Waals surface area contributed by atoms with Crippen LogP contribution >= 0.6 is 0 Å². The number of nitrogens with one attached hydrogen (secondary N) is 1. The van der Waals surface area contributed by atoms with Gasteiger partial charge in [0.25, 0.3) is 5.91 Å². The number of carbonyl (C=O) groups is 1. The largest absolute Gasteiger partial charge is 0.369 e. The van der Waals surface area contributed by atoms with E-state index in [1.54, 1.807) is 36.5 Å². The number of carbonyl (C=O) groups excluding carboxylic acids is 1. The van der Waals surface area contributed by atoms with Crippen LogP contribution in [-0.4, -0.2) is 71.7 Å². The molecule has 0 atom stereocenters. The highest BCUT2D eigenvalue weighted by Crippen LogP contribution is 2.06. The number of nitrogens with zero attached hydrogens (tertiary/aromatic N) is 5. The molecule has 0 aliphatic heterocycles. The van der Waals surface area contributed by atoms with Crippen LogP contribution in [0.3, 0.4) is 0 Å². The van der Waals surface area contributed by atoms with Crippen molar-refractivity contribution in [1.29, 1.82) is 0 Å². The van der Waals surface area contributed by atoms with Gasteiger partial charge in [0.05, 0.1) is 0 Å². The van der Waals surface area contributed by atoms with E-state index >= 15 is 0 Å². The fourth-order valence-electron chi connectivity index (χ4n) is 2.30. The van der Waals surface area contributed by atoms with Gasteiger partial charge in [-0.15, -0.1) is 10.2 Å². The second-order valence-corrected chi connectivity index (χ2v) is 6.22. The maximum Gasteiger partial charge on any atom is 0.274 e. The van der Waals surface area contributed by atoms with Gasteiger partial charge >= 0.3 is 0 Å². The first-order valence-corrected chi connectivity index (χ1v) is 8.43. The van der Waals surface area contributed by atoms with Crippen LogP contribution in [0.25, 0.3) is 0 Å². The summed E-state index contributed by atoms with van der Waals surface area (Å²) >= 11 is 0. The molecule has 134 valence electrons. The summed E-state index contributed by atoms with van der Waals surface area (Å²) in [6.45, 7) is 2.46. The van der Waals surface area contributed by atoms with Crippen molar-refractivity contribution in [3.63, 3.8) is 0 Å². The van der Waals surface area contributed by atoms with E-state index in [1.165, 1.54) is 0 Å². The molecule has 0 aliphatic carbocycles. The fourth-order valence-corrected chi connectivity index (χ4v) is 2.30. The van der Waals surface area contributed by atoms with Crippen molar-refractivity contribution < 1.29 is 4.79 Å². The van der Waals surface area contributed by atoms with Crippen LogP contribution in [0.4, 0.5) is 5.82 Å². The zero-order valence-electron chi connectivity index (χ0n) is 15.1. The average molecular weight is 342 g/mol.